The molecule has 24 heavy (non-hydrogen) atoms. The van der Waals surface area contributed by atoms with Crippen LogP contribution in [0, 0.1) is 5.82 Å². The molecule has 0 saturated carbocycles. The number of ether oxygens (including phenoxy) is 1. The quantitative estimate of drug-likeness (QED) is 0.824. The van der Waals surface area contributed by atoms with Crippen LogP contribution in [-0.4, -0.2) is 42.1 Å². The molecule has 1 aromatic carbocycles. The van der Waals surface area contributed by atoms with Crippen LogP contribution in [0.15, 0.2) is 42.6 Å². The van der Waals surface area contributed by atoms with Crippen LogP contribution in [0.4, 0.5) is 4.39 Å². The summed E-state index contributed by atoms with van der Waals surface area (Å²) in [6.07, 6.45) is 2.73. The van der Waals surface area contributed by atoms with Crippen molar-refractivity contribution in [1.82, 2.24) is 14.5 Å². The maximum atomic E-state index is 13.2. The first-order valence-corrected chi connectivity index (χ1v) is 9.30. The Hall–Kier alpha value is -2.06. The highest BCUT2D eigenvalue weighted by molar-refractivity contribution is 7.88. The monoisotopic (exact) mass is 351 g/mol. The van der Waals surface area contributed by atoms with Crippen LogP contribution < -0.4 is 4.74 Å². The van der Waals surface area contributed by atoms with Gasteiger partial charge in [-0.2, -0.15) is 9.40 Å². The predicted molar refractivity (Wildman–Crippen MR) is 86.3 cm³/mol. The van der Waals surface area contributed by atoms with Crippen LogP contribution >= 0.6 is 0 Å². The van der Waals surface area contributed by atoms with Crippen LogP contribution in [0.2, 0.25) is 0 Å². The van der Waals surface area contributed by atoms with Gasteiger partial charge < -0.3 is 4.74 Å². The highest BCUT2D eigenvalue weighted by Gasteiger charge is 2.30. The maximum Gasteiger partial charge on any atom is 0.233 e. The second-order valence-electron chi connectivity index (χ2n) is 5.69. The molecule has 0 aliphatic carbocycles. The topological polar surface area (TPSA) is 72.4 Å². The molecule has 0 amide bonds. The van der Waals surface area contributed by atoms with E-state index in [1.54, 1.807) is 24.4 Å². The Morgan fingerprint density at radius 3 is 2.92 bits per heavy atom. The molecular weight excluding hydrogens is 333 g/mol. The van der Waals surface area contributed by atoms with Crippen LogP contribution in [0.1, 0.15) is 18.4 Å². The minimum Gasteiger partial charge on any atom is -0.472 e. The van der Waals surface area contributed by atoms with E-state index in [1.807, 2.05) is 0 Å². The average molecular weight is 351 g/mol. The third kappa shape index (κ3) is 4.27. The summed E-state index contributed by atoms with van der Waals surface area (Å²) < 4.78 is 45.5. The van der Waals surface area contributed by atoms with Gasteiger partial charge in [-0.15, -0.1) is 5.10 Å². The van der Waals surface area contributed by atoms with Gasteiger partial charge >= 0.3 is 0 Å². The SMILES string of the molecule is O=S(=O)(Cc1cccc(F)c1)N1CCCC(Oc2cccnn2)C1. The molecule has 0 radical (unpaired) electrons. The largest absolute Gasteiger partial charge is 0.472 e. The molecule has 0 N–H and O–H groups in total. The van der Waals surface area contributed by atoms with E-state index < -0.39 is 15.8 Å². The fraction of sp³-hybridized carbons (Fsp3) is 0.375. The first-order valence-electron chi connectivity index (χ1n) is 7.69. The summed E-state index contributed by atoms with van der Waals surface area (Å²) in [7, 11) is -3.53. The Kier molecular flexibility index (Phi) is 5.06. The highest BCUT2D eigenvalue weighted by atomic mass is 32.2. The zero-order valence-corrected chi connectivity index (χ0v) is 13.8. The summed E-state index contributed by atoms with van der Waals surface area (Å²) in [6, 6.07) is 9.06. The van der Waals surface area contributed by atoms with Gasteiger partial charge in [-0.1, -0.05) is 12.1 Å². The molecule has 1 fully saturated rings. The average Bonchev–Trinajstić information content (AvgIpc) is 2.56. The van der Waals surface area contributed by atoms with Crippen LogP contribution in [-0.2, 0) is 15.8 Å². The van der Waals surface area contributed by atoms with E-state index >= 15 is 0 Å². The van der Waals surface area contributed by atoms with Crippen molar-refractivity contribution in [2.24, 2.45) is 0 Å². The first kappa shape index (κ1) is 16.8. The molecule has 0 spiro atoms. The van der Waals surface area contributed by atoms with Gasteiger partial charge in [-0.3, -0.25) is 0 Å². The van der Waals surface area contributed by atoms with Crippen molar-refractivity contribution < 1.29 is 17.5 Å². The molecule has 1 aliphatic heterocycles. The van der Waals surface area contributed by atoms with Gasteiger partial charge in [-0.25, -0.2) is 12.8 Å². The van der Waals surface area contributed by atoms with E-state index in [0.29, 0.717) is 24.4 Å². The number of halogens is 1. The lowest BCUT2D eigenvalue weighted by Gasteiger charge is -2.31. The first-order chi connectivity index (χ1) is 11.5. The van der Waals surface area contributed by atoms with Crippen molar-refractivity contribution >= 4 is 10.0 Å². The lowest BCUT2D eigenvalue weighted by molar-refractivity contribution is 0.123. The minimum atomic E-state index is -3.53. The molecule has 8 heteroatoms. The standard InChI is InChI=1S/C16H18FN3O3S/c17-14-5-1-4-13(10-14)12-24(21,22)20-9-3-6-15(11-20)23-16-7-2-8-18-19-16/h1-2,4-5,7-8,10,15H,3,6,9,11-12H2. The van der Waals surface area contributed by atoms with Crippen molar-refractivity contribution in [3.63, 3.8) is 0 Å². The molecule has 1 atom stereocenters. The molecule has 1 saturated heterocycles. The molecule has 1 aliphatic rings. The summed E-state index contributed by atoms with van der Waals surface area (Å²) in [4.78, 5) is 0. The zero-order valence-electron chi connectivity index (χ0n) is 13.0. The number of benzene rings is 1. The fourth-order valence-electron chi connectivity index (χ4n) is 2.70. The van der Waals surface area contributed by atoms with Gasteiger partial charge in [0, 0.05) is 18.8 Å². The van der Waals surface area contributed by atoms with Crippen LogP contribution in [0.25, 0.3) is 0 Å². The number of hydrogen-bond donors (Lipinski definition) is 0. The van der Waals surface area contributed by atoms with Crippen molar-refractivity contribution in [2.75, 3.05) is 13.1 Å². The third-order valence-electron chi connectivity index (χ3n) is 3.81. The van der Waals surface area contributed by atoms with Crippen LogP contribution in [0.3, 0.4) is 0 Å². The van der Waals surface area contributed by atoms with E-state index in [1.165, 1.54) is 22.5 Å². The molecule has 2 heterocycles. The predicted octanol–water partition coefficient (Wildman–Crippen LogP) is 1.99. The summed E-state index contributed by atoms with van der Waals surface area (Å²) >= 11 is 0. The maximum absolute atomic E-state index is 13.2. The fourth-order valence-corrected chi connectivity index (χ4v) is 4.29. The van der Waals surface area contributed by atoms with Gasteiger partial charge in [0.15, 0.2) is 0 Å². The summed E-state index contributed by atoms with van der Waals surface area (Å²) in [6.45, 7) is 0.701. The van der Waals surface area contributed by atoms with E-state index in [4.69, 9.17) is 4.74 Å². The second kappa shape index (κ2) is 7.23. The van der Waals surface area contributed by atoms with Crippen molar-refractivity contribution in [3.8, 4) is 5.88 Å². The van der Waals surface area contributed by atoms with E-state index in [0.717, 1.165) is 6.42 Å². The van der Waals surface area contributed by atoms with Crippen LogP contribution in [0.5, 0.6) is 5.88 Å². The van der Waals surface area contributed by atoms with Gasteiger partial charge in [0.2, 0.25) is 15.9 Å². The van der Waals surface area contributed by atoms with Gasteiger partial charge in [0.1, 0.15) is 11.9 Å². The minimum absolute atomic E-state index is 0.220. The van der Waals surface area contributed by atoms with E-state index in [2.05, 4.69) is 10.2 Å². The van der Waals surface area contributed by atoms with Gasteiger partial charge in [0.05, 0.1) is 12.3 Å². The Bertz CT molecular complexity index is 786. The van der Waals surface area contributed by atoms with Gasteiger partial charge in [-0.05, 0) is 36.6 Å². The molecule has 6 nitrogen and oxygen atoms in total. The van der Waals surface area contributed by atoms with E-state index in [-0.39, 0.29) is 18.4 Å². The van der Waals surface area contributed by atoms with Crippen molar-refractivity contribution in [1.29, 1.82) is 0 Å². The van der Waals surface area contributed by atoms with Crippen molar-refractivity contribution in [2.45, 2.75) is 24.7 Å². The lowest BCUT2D eigenvalue weighted by atomic mass is 10.1. The lowest BCUT2D eigenvalue weighted by Crippen LogP contribution is -2.44. The molecule has 2 aromatic rings. The molecular formula is C16H18FN3O3S. The molecule has 3 rings (SSSR count). The summed E-state index contributed by atoms with van der Waals surface area (Å²) in [5, 5.41) is 7.60. The molecule has 0 bridgehead atoms. The Morgan fingerprint density at radius 1 is 1.29 bits per heavy atom. The Morgan fingerprint density at radius 2 is 2.17 bits per heavy atom. The number of hydrogen-bond acceptors (Lipinski definition) is 5. The third-order valence-corrected chi connectivity index (χ3v) is 5.62. The Balaban J connectivity index is 1.67. The normalized spacial score (nSPS) is 19.1. The Labute approximate surface area is 140 Å². The summed E-state index contributed by atoms with van der Waals surface area (Å²) in [5.41, 5.74) is 0.437. The van der Waals surface area contributed by atoms with Gasteiger partial charge in [0.25, 0.3) is 0 Å². The highest BCUT2D eigenvalue weighted by Crippen LogP contribution is 2.20. The number of nitrogens with zero attached hydrogens (tertiary/aromatic N) is 3. The number of sulfonamides is 1. The zero-order chi connectivity index (χ0) is 17.0. The van der Waals surface area contributed by atoms with Crippen molar-refractivity contribution in [3.05, 3.63) is 54.0 Å². The molecule has 1 unspecified atom stereocenters. The number of rotatable bonds is 5. The number of aromatic nitrogens is 2. The number of piperidine rings is 1. The molecule has 1 aromatic heterocycles. The van der Waals surface area contributed by atoms with E-state index in [9.17, 15) is 12.8 Å². The smallest absolute Gasteiger partial charge is 0.233 e. The second-order valence-corrected chi connectivity index (χ2v) is 7.66. The summed E-state index contributed by atoms with van der Waals surface area (Å²) in [5.74, 6) is -0.278. The molecule has 128 valence electrons.